The fourth-order valence-electron chi connectivity index (χ4n) is 3.22. The predicted octanol–water partition coefficient (Wildman–Crippen LogP) is 2.35. The number of benzene rings is 1. The smallest absolute Gasteiger partial charge is 0.227 e. The number of hydrogen-bond donors (Lipinski definition) is 2. The molecule has 27 heavy (non-hydrogen) atoms. The highest BCUT2D eigenvalue weighted by Gasteiger charge is 2.35. The summed E-state index contributed by atoms with van der Waals surface area (Å²) in [5.74, 6) is -0.0358. The van der Waals surface area contributed by atoms with Crippen LogP contribution in [0.5, 0.6) is 0 Å². The maximum absolute atomic E-state index is 12.5. The topological polar surface area (TPSA) is 87.3 Å². The van der Waals surface area contributed by atoms with Gasteiger partial charge in [0, 0.05) is 25.8 Å². The molecule has 2 heterocycles. The molecule has 1 aromatic heterocycles. The van der Waals surface area contributed by atoms with Gasteiger partial charge in [-0.1, -0.05) is 26.0 Å². The summed E-state index contributed by atoms with van der Waals surface area (Å²) >= 11 is 0. The first kappa shape index (κ1) is 19.1. The van der Waals surface area contributed by atoms with Crippen molar-refractivity contribution < 1.29 is 14.3 Å². The van der Waals surface area contributed by atoms with Crippen LogP contribution in [0.2, 0.25) is 0 Å². The Morgan fingerprint density at radius 1 is 1.37 bits per heavy atom. The number of methoxy groups -OCH3 is 1. The Kier molecular flexibility index (Phi) is 5.91. The second-order valence-electron chi connectivity index (χ2n) is 7.19. The molecule has 1 aliphatic rings. The minimum absolute atomic E-state index is 0.0173. The molecule has 1 aliphatic heterocycles. The quantitative estimate of drug-likeness (QED) is 0.783. The SMILES string of the molecule is COCc1cc(CNC(=O)C2CC(=O)N(c3ccc(C(C)C)cc3)C2)[nH]n1. The minimum atomic E-state index is -0.344. The highest BCUT2D eigenvalue weighted by Crippen LogP contribution is 2.27. The molecule has 3 rings (SSSR count). The van der Waals surface area contributed by atoms with Crippen molar-refractivity contribution in [3.8, 4) is 0 Å². The number of carbonyl (C=O) groups is 2. The first-order valence-corrected chi connectivity index (χ1v) is 9.18. The summed E-state index contributed by atoms with van der Waals surface area (Å²) in [5.41, 5.74) is 3.67. The molecule has 0 saturated carbocycles. The molecule has 1 atom stereocenters. The third-order valence-corrected chi connectivity index (χ3v) is 4.80. The summed E-state index contributed by atoms with van der Waals surface area (Å²) in [6, 6.07) is 9.84. The van der Waals surface area contributed by atoms with Crippen LogP contribution >= 0.6 is 0 Å². The van der Waals surface area contributed by atoms with Crippen LogP contribution in [-0.2, 0) is 27.5 Å². The minimum Gasteiger partial charge on any atom is -0.378 e. The zero-order valence-corrected chi connectivity index (χ0v) is 16.0. The van der Waals surface area contributed by atoms with Crippen LogP contribution in [0.25, 0.3) is 0 Å². The Morgan fingerprint density at radius 2 is 2.11 bits per heavy atom. The van der Waals surface area contributed by atoms with Crippen molar-refractivity contribution in [3.63, 3.8) is 0 Å². The van der Waals surface area contributed by atoms with E-state index in [1.165, 1.54) is 5.56 Å². The second kappa shape index (κ2) is 8.35. The lowest BCUT2D eigenvalue weighted by molar-refractivity contribution is -0.126. The van der Waals surface area contributed by atoms with Gasteiger partial charge in [0.25, 0.3) is 0 Å². The molecule has 0 bridgehead atoms. The standard InChI is InChI=1S/C20H26N4O3/c1-13(2)14-4-6-18(7-5-14)24-11-15(8-19(24)25)20(26)21-10-16-9-17(12-27-3)23-22-16/h4-7,9,13,15H,8,10-12H2,1-3H3,(H,21,26)(H,22,23). The maximum Gasteiger partial charge on any atom is 0.227 e. The summed E-state index contributed by atoms with van der Waals surface area (Å²) in [5, 5.41) is 9.86. The number of carbonyl (C=O) groups excluding carboxylic acids is 2. The predicted molar refractivity (Wildman–Crippen MR) is 102 cm³/mol. The van der Waals surface area contributed by atoms with Crippen molar-refractivity contribution in [2.75, 3.05) is 18.6 Å². The number of H-pyrrole nitrogens is 1. The third-order valence-electron chi connectivity index (χ3n) is 4.80. The van der Waals surface area contributed by atoms with Gasteiger partial charge in [0.05, 0.1) is 30.5 Å². The van der Waals surface area contributed by atoms with E-state index in [1.807, 2.05) is 30.3 Å². The van der Waals surface area contributed by atoms with Gasteiger partial charge in [-0.3, -0.25) is 14.7 Å². The second-order valence-corrected chi connectivity index (χ2v) is 7.19. The Balaban J connectivity index is 1.56. The maximum atomic E-state index is 12.5. The molecule has 2 aromatic rings. The zero-order chi connectivity index (χ0) is 19.4. The first-order chi connectivity index (χ1) is 13.0. The molecule has 0 spiro atoms. The van der Waals surface area contributed by atoms with E-state index < -0.39 is 0 Å². The van der Waals surface area contributed by atoms with Crippen LogP contribution in [0, 0.1) is 5.92 Å². The monoisotopic (exact) mass is 370 g/mol. The van der Waals surface area contributed by atoms with E-state index in [0.29, 0.717) is 25.6 Å². The number of nitrogens with zero attached hydrogens (tertiary/aromatic N) is 2. The fourth-order valence-corrected chi connectivity index (χ4v) is 3.22. The number of aromatic amines is 1. The van der Waals surface area contributed by atoms with Gasteiger partial charge < -0.3 is 15.0 Å². The molecule has 2 N–H and O–H groups in total. The molecule has 1 aromatic carbocycles. The summed E-state index contributed by atoms with van der Waals surface area (Å²) in [4.78, 5) is 26.5. The molecule has 1 unspecified atom stereocenters. The van der Waals surface area contributed by atoms with E-state index in [9.17, 15) is 9.59 Å². The highest BCUT2D eigenvalue weighted by molar-refractivity contribution is 6.00. The summed E-state index contributed by atoms with van der Waals surface area (Å²) in [6.45, 7) is 5.45. The van der Waals surface area contributed by atoms with Crippen LogP contribution < -0.4 is 10.2 Å². The van der Waals surface area contributed by atoms with E-state index in [0.717, 1.165) is 17.1 Å². The van der Waals surface area contributed by atoms with Gasteiger partial charge in [0.2, 0.25) is 11.8 Å². The van der Waals surface area contributed by atoms with Crippen molar-refractivity contribution in [1.29, 1.82) is 0 Å². The van der Waals surface area contributed by atoms with Gasteiger partial charge in [-0.05, 0) is 29.7 Å². The van der Waals surface area contributed by atoms with Crippen LogP contribution in [0.3, 0.4) is 0 Å². The molecule has 1 fully saturated rings. The summed E-state index contributed by atoms with van der Waals surface area (Å²) in [6.07, 6.45) is 0.232. The lowest BCUT2D eigenvalue weighted by atomic mass is 10.0. The number of hydrogen-bond acceptors (Lipinski definition) is 4. The van der Waals surface area contributed by atoms with Crippen molar-refractivity contribution in [3.05, 3.63) is 47.3 Å². The molecule has 144 valence electrons. The average Bonchev–Trinajstić information content (AvgIpc) is 3.26. The zero-order valence-electron chi connectivity index (χ0n) is 16.0. The van der Waals surface area contributed by atoms with E-state index in [2.05, 4.69) is 29.4 Å². The molecule has 2 amide bonds. The summed E-state index contributed by atoms with van der Waals surface area (Å²) in [7, 11) is 1.61. The van der Waals surface area contributed by atoms with Crippen LogP contribution in [0.15, 0.2) is 30.3 Å². The fraction of sp³-hybridized carbons (Fsp3) is 0.450. The Bertz CT molecular complexity index is 798. The number of anilines is 1. The van der Waals surface area contributed by atoms with Crippen molar-refractivity contribution in [2.24, 2.45) is 5.92 Å². The number of rotatable bonds is 7. The Morgan fingerprint density at radius 3 is 2.78 bits per heavy atom. The van der Waals surface area contributed by atoms with Crippen LogP contribution in [0.1, 0.15) is 43.1 Å². The Hall–Kier alpha value is -2.67. The highest BCUT2D eigenvalue weighted by atomic mass is 16.5. The van der Waals surface area contributed by atoms with Gasteiger partial charge in [-0.15, -0.1) is 0 Å². The molecule has 1 saturated heterocycles. The van der Waals surface area contributed by atoms with Gasteiger partial charge in [0.15, 0.2) is 0 Å². The lowest BCUT2D eigenvalue weighted by Crippen LogP contribution is -2.32. The lowest BCUT2D eigenvalue weighted by Gasteiger charge is -2.17. The van der Waals surface area contributed by atoms with E-state index in [-0.39, 0.29) is 24.2 Å². The molecule has 0 aliphatic carbocycles. The number of ether oxygens (including phenoxy) is 1. The third kappa shape index (κ3) is 4.54. The van der Waals surface area contributed by atoms with Gasteiger partial charge in [-0.2, -0.15) is 5.10 Å². The van der Waals surface area contributed by atoms with Crippen LogP contribution in [0.4, 0.5) is 5.69 Å². The van der Waals surface area contributed by atoms with E-state index in [1.54, 1.807) is 12.0 Å². The first-order valence-electron chi connectivity index (χ1n) is 9.18. The molecule has 0 radical (unpaired) electrons. The number of nitrogens with one attached hydrogen (secondary N) is 2. The molecule has 7 heteroatoms. The van der Waals surface area contributed by atoms with Crippen molar-refractivity contribution in [1.82, 2.24) is 15.5 Å². The van der Waals surface area contributed by atoms with E-state index in [4.69, 9.17) is 4.74 Å². The van der Waals surface area contributed by atoms with Crippen molar-refractivity contribution >= 4 is 17.5 Å². The van der Waals surface area contributed by atoms with Crippen LogP contribution in [-0.4, -0.2) is 35.7 Å². The largest absolute Gasteiger partial charge is 0.378 e. The van der Waals surface area contributed by atoms with Gasteiger partial charge in [0.1, 0.15) is 0 Å². The number of aromatic nitrogens is 2. The Labute approximate surface area is 159 Å². The normalized spacial score (nSPS) is 17.0. The van der Waals surface area contributed by atoms with Gasteiger partial charge in [-0.25, -0.2) is 0 Å². The average molecular weight is 370 g/mol. The molecular weight excluding hydrogens is 344 g/mol. The van der Waals surface area contributed by atoms with Gasteiger partial charge >= 0.3 is 0 Å². The molecular formula is C20H26N4O3. The summed E-state index contributed by atoms with van der Waals surface area (Å²) < 4.78 is 5.02. The van der Waals surface area contributed by atoms with E-state index >= 15 is 0 Å². The van der Waals surface area contributed by atoms with Crippen molar-refractivity contribution in [2.45, 2.75) is 39.3 Å². The molecule has 7 nitrogen and oxygen atoms in total. The number of amides is 2.